The van der Waals surface area contributed by atoms with Gasteiger partial charge in [-0.05, 0) is 63.5 Å². The largest absolute Gasteiger partial charge is 0.363 e. The highest BCUT2D eigenvalue weighted by atomic mass is 79.9. The number of aryl methyl sites for hydroxylation is 1. The third-order valence-corrected chi connectivity index (χ3v) is 5.53. The fraction of sp³-hybridized carbons (Fsp3) is 0.182. The van der Waals surface area contributed by atoms with Crippen molar-refractivity contribution in [3.8, 4) is 0 Å². The van der Waals surface area contributed by atoms with E-state index in [0.29, 0.717) is 30.2 Å². The van der Waals surface area contributed by atoms with Gasteiger partial charge in [0.05, 0.1) is 29.4 Å². The molecule has 5 N–H and O–H groups in total. The summed E-state index contributed by atoms with van der Waals surface area (Å²) in [5, 5.41) is 33.7. The first-order chi connectivity index (χ1) is 17.9. The molecule has 4 aromatic rings. The van der Waals surface area contributed by atoms with Crippen LogP contribution in [0.4, 0.5) is 26.4 Å². The van der Waals surface area contributed by atoms with Gasteiger partial charge in [-0.25, -0.2) is 18.8 Å². The van der Waals surface area contributed by atoms with Crippen molar-refractivity contribution < 1.29 is 19.0 Å². The van der Waals surface area contributed by atoms with Gasteiger partial charge in [0.2, 0.25) is 5.82 Å². The molecule has 0 fully saturated rings. The highest BCUT2D eigenvalue weighted by Gasteiger charge is 2.17. The number of hydrogen-bond donors (Lipinski definition) is 5. The van der Waals surface area contributed by atoms with E-state index in [2.05, 4.69) is 57.5 Å². The van der Waals surface area contributed by atoms with Crippen LogP contribution in [0.5, 0.6) is 0 Å². The molecule has 0 unspecified atom stereocenters. The van der Waals surface area contributed by atoms with E-state index in [9.17, 15) is 14.4 Å². The molecule has 2 heterocycles. The van der Waals surface area contributed by atoms with Crippen molar-refractivity contribution >= 4 is 45.0 Å². The van der Waals surface area contributed by atoms with Crippen LogP contribution in [0.3, 0.4) is 0 Å². The topological polar surface area (TPSA) is 167 Å². The second-order valence-electron chi connectivity index (χ2n) is 7.71. The average Bonchev–Trinajstić information content (AvgIpc) is 3.54. The number of aliphatic imine (C=N–C) groups is 1. The summed E-state index contributed by atoms with van der Waals surface area (Å²) in [6.45, 7) is 2.92. The first-order valence-corrected chi connectivity index (χ1v) is 11.7. The van der Waals surface area contributed by atoms with Crippen LogP contribution in [-0.4, -0.2) is 48.9 Å². The van der Waals surface area contributed by atoms with Crippen LogP contribution >= 0.6 is 15.9 Å². The molecule has 2 amide bonds. The summed E-state index contributed by atoms with van der Waals surface area (Å²) in [7, 11) is 0. The van der Waals surface area contributed by atoms with Gasteiger partial charge in [-0.1, -0.05) is 22.9 Å². The Hall–Kier alpha value is -4.37. The number of hydroxylamine groups is 1. The minimum Gasteiger partial charge on any atom is -0.363 e. The van der Waals surface area contributed by atoms with Crippen LogP contribution in [0.25, 0.3) is 0 Å². The number of amides is 2. The van der Waals surface area contributed by atoms with E-state index < -0.39 is 5.82 Å². The number of carbonyl (C=O) groups excluding carboxylic acids is 1. The lowest BCUT2D eigenvalue weighted by molar-refractivity contribution is 0.234. The van der Waals surface area contributed by atoms with Crippen molar-refractivity contribution in [2.45, 2.75) is 20.0 Å². The zero-order valence-electron chi connectivity index (χ0n) is 19.4. The van der Waals surface area contributed by atoms with Crippen molar-refractivity contribution in [1.29, 1.82) is 0 Å². The number of nitrogens with one attached hydrogen (secondary N) is 4. The van der Waals surface area contributed by atoms with Crippen LogP contribution in [0.1, 0.15) is 17.0 Å². The smallest absolute Gasteiger partial charge is 0.319 e. The maximum absolute atomic E-state index is 13.5. The molecule has 0 aliphatic heterocycles. The minimum absolute atomic E-state index is 0.0553. The summed E-state index contributed by atoms with van der Waals surface area (Å²) in [5.74, 6) is -0.281. The van der Waals surface area contributed by atoms with Crippen LogP contribution < -0.4 is 21.4 Å². The number of urea groups is 1. The van der Waals surface area contributed by atoms with Crippen LogP contribution in [0.15, 0.2) is 62.8 Å². The monoisotopic (exact) mass is 572 g/mol. The zero-order chi connectivity index (χ0) is 26.2. The third-order valence-electron chi connectivity index (χ3n) is 4.92. The van der Waals surface area contributed by atoms with Crippen molar-refractivity contribution in [2.24, 2.45) is 4.99 Å². The Bertz CT molecular complexity index is 1390. The summed E-state index contributed by atoms with van der Waals surface area (Å²) in [4.78, 5) is 16.3. The number of benzene rings is 2. The van der Waals surface area contributed by atoms with E-state index in [1.165, 1.54) is 18.2 Å². The molecule has 0 saturated heterocycles. The molecule has 0 radical (unpaired) electrons. The summed E-state index contributed by atoms with van der Waals surface area (Å²) in [5.41, 5.74) is 4.79. The number of aromatic nitrogens is 5. The number of hydrogen-bond acceptors (Lipinski definition) is 9. The Labute approximate surface area is 218 Å². The van der Waals surface area contributed by atoms with Gasteiger partial charge >= 0.3 is 6.03 Å². The van der Waals surface area contributed by atoms with Gasteiger partial charge in [0.1, 0.15) is 11.5 Å². The summed E-state index contributed by atoms with van der Waals surface area (Å²) >= 11 is 3.09. The predicted octanol–water partition coefficient (Wildman–Crippen LogP) is 3.36. The lowest BCUT2D eigenvalue weighted by Crippen LogP contribution is -2.28. The van der Waals surface area contributed by atoms with Gasteiger partial charge in [0, 0.05) is 12.2 Å². The summed E-state index contributed by atoms with van der Waals surface area (Å²) < 4.78 is 20.0. The van der Waals surface area contributed by atoms with Crippen molar-refractivity contribution in [1.82, 2.24) is 36.1 Å². The first kappa shape index (κ1) is 25.7. The number of halogens is 2. The molecule has 37 heavy (non-hydrogen) atoms. The molecule has 2 aromatic carbocycles. The van der Waals surface area contributed by atoms with Gasteiger partial charge in [-0.3, -0.25) is 15.4 Å². The molecule has 0 saturated carbocycles. The maximum atomic E-state index is 13.5. The van der Waals surface area contributed by atoms with Crippen LogP contribution in [0.2, 0.25) is 0 Å². The van der Waals surface area contributed by atoms with E-state index in [-0.39, 0.29) is 34.4 Å². The van der Waals surface area contributed by atoms with Gasteiger partial charge in [-0.2, -0.15) is 0 Å². The Morgan fingerprint density at radius 2 is 2.03 bits per heavy atom. The fourth-order valence-corrected chi connectivity index (χ4v) is 3.44. The standard InChI is InChI=1S/C22H22BrFN10O3/c1-13-2-4-14(5-3-13)28-22(35)26-11-16-12-34(33-29-16)9-8-25-20-19(31-37-32-20)21(30-36)27-15-6-7-18(24)17(23)10-15/h2-7,10,12,36H,8-9,11H2,1H3,(H,25,32)(H,27,30)(H2,26,28,35). The lowest BCUT2D eigenvalue weighted by atomic mass is 10.2. The van der Waals surface area contributed by atoms with Gasteiger partial charge in [0.25, 0.3) is 0 Å². The zero-order valence-corrected chi connectivity index (χ0v) is 21.0. The molecule has 0 aliphatic rings. The van der Waals surface area contributed by atoms with E-state index in [1.54, 1.807) is 10.9 Å². The van der Waals surface area contributed by atoms with Crippen LogP contribution in [-0.2, 0) is 13.1 Å². The average molecular weight is 573 g/mol. The molecule has 15 heteroatoms. The Morgan fingerprint density at radius 3 is 2.78 bits per heavy atom. The number of amidine groups is 1. The van der Waals surface area contributed by atoms with E-state index >= 15 is 0 Å². The lowest BCUT2D eigenvalue weighted by Gasteiger charge is -2.06. The van der Waals surface area contributed by atoms with Gasteiger partial charge in [0.15, 0.2) is 11.5 Å². The van der Waals surface area contributed by atoms with E-state index in [1.807, 2.05) is 36.7 Å². The summed E-state index contributed by atoms with van der Waals surface area (Å²) in [6.07, 6.45) is 1.70. The molecule has 0 spiro atoms. The molecule has 192 valence electrons. The van der Waals surface area contributed by atoms with Crippen molar-refractivity contribution in [2.75, 3.05) is 17.2 Å². The Morgan fingerprint density at radius 1 is 1.22 bits per heavy atom. The second-order valence-corrected chi connectivity index (χ2v) is 8.56. The molecule has 13 nitrogen and oxygen atoms in total. The van der Waals surface area contributed by atoms with E-state index in [0.717, 1.165) is 5.56 Å². The van der Waals surface area contributed by atoms with Crippen LogP contribution in [0, 0.1) is 12.7 Å². The number of nitrogens with zero attached hydrogens (tertiary/aromatic N) is 6. The first-order valence-electron chi connectivity index (χ1n) is 10.9. The normalized spacial score (nSPS) is 11.3. The molecule has 0 bridgehead atoms. The van der Waals surface area contributed by atoms with Gasteiger partial charge < -0.3 is 16.0 Å². The highest BCUT2D eigenvalue weighted by Crippen LogP contribution is 2.23. The molecular weight excluding hydrogens is 551 g/mol. The van der Waals surface area contributed by atoms with Gasteiger partial charge in [-0.15, -0.1) is 5.10 Å². The number of anilines is 2. The number of carbonyl (C=O) groups is 1. The fourth-order valence-electron chi connectivity index (χ4n) is 3.08. The minimum atomic E-state index is -0.444. The molecule has 0 aliphatic carbocycles. The second kappa shape index (κ2) is 12.0. The highest BCUT2D eigenvalue weighted by molar-refractivity contribution is 9.10. The SMILES string of the molecule is Cc1ccc(NC(=O)NCc2cn(CCNc3nonc3C(=Nc3ccc(F)c(Br)c3)NO)nn2)cc1. The Kier molecular flexibility index (Phi) is 8.37. The molecular formula is C22H22BrFN10O3. The van der Waals surface area contributed by atoms with E-state index in [4.69, 9.17) is 4.63 Å². The maximum Gasteiger partial charge on any atom is 0.319 e. The number of rotatable bonds is 9. The third kappa shape index (κ3) is 7.08. The molecule has 4 rings (SSSR count). The summed E-state index contributed by atoms with van der Waals surface area (Å²) in [6, 6.07) is 11.2. The predicted molar refractivity (Wildman–Crippen MR) is 135 cm³/mol. The quantitative estimate of drug-likeness (QED) is 0.115. The molecule has 0 atom stereocenters. The van der Waals surface area contributed by atoms with Crippen molar-refractivity contribution in [3.63, 3.8) is 0 Å². The van der Waals surface area contributed by atoms with Crippen molar-refractivity contribution in [3.05, 3.63) is 75.9 Å². The molecule has 2 aromatic heterocycles. The Balaban J connectivity index is 1.28.